The normalized spacial score (nSPS) is 28.1. The second-order valence-corrected chi connectivity index (χ2v) is 5.74. The molecule has 0 amide bonds. The minimum absolute atomic E-state index is 0.499. The van der Waals surface area contributed by atoms with Gasteiger partial charge in [0, 0.05) is 6.04 Å². The zero-order valence-electron chi connectivity index (χ0n) is 11.2. The van der Waals surface area contributed by atoms with Crippen molar-refractivity contribution < 1.29 is 4.74 Å². The Kier molecular flexibility index (Phi) is 3.55. The Labute approximate surface area is 110 Å². The lowest BCUT2D eigenvalue weighted by molar-refractivity contribution is 0.303. The molecule has 0 spiro atoms. The van der Waals surface area contributed by atoms with Gasteiger partial charge in [0.25, 0.3) is 0 Å². The van der Waals surface area contributed by atoms with Gasteiger partial charge in [0.2, 0.25) is 0 Å². The number of nitrogens with one attached hydrogen (secondary N) is 1. The molecule has 18 heavy (non-hydrogen) atoms. The van der Waals surface area contributed by atoms with E-state index in [1.54, 1.807) is 0 Å². The summed E-state index contributed by atoms with van der Waals surface area (Å²) in [6.07, 6.45) is 8.24. The summed E-state index contributed by atoms with van der Waals surface area (Å²) in [6.45, 7) is 0. The third-order valence-electron chi connectivity index (χ3n) is 4.26. The quantitative estimate of drug-likeness (QED) is 0.877. The van der Waals surface area contributed by atoms with Gasteiger partial charge in [-0.25, -0.2) is 0 Å². The minimum atomic E-state index is 0.499. The first kappa shape index (κ1) is 12.0. The topological polar surface area (TPSA) is 21.3 Å². The lowest BCUT2D eigenvalue weighted by atomic mass is 9.81. The van der Waals surface area contributed by atoms with Gasteiger partial charge in [-0.2, -0.15) is 0 Å². The zero-order valence-corrected chi connectivity index (χ0v) is 11.2. The molecule has 2 heteroatoms. The van der Waals surface area contributed by atoms with E-state index in [2.05, 4.69) is 36.6 Å². The van der Waals surface area contributed by atoms with Gasteiger partial charge in [-0.15, -0.1) is 0 Å². The van der Waals surface area contributed by atoms with Gasteiger partial charge in [-0.1, -0.05) is 18.6 Å². The van der Waals surface area contributed by atoms with E-state index in [1.165, 1.54) is 44.1 Å². The number of rotatable bonds is 4. The van der Waals surface area contributed by atoms with Crippen LogP contribution in [0.3, 0.4) is 0 Å². The Morgan fingerprint density at radius 3 is 2.50 bits per heavy atom. The average molecular weight is 245 g/mol. The maximum atomic E-state index is 5.80. The molecule has 1 aromatic carbocycles. The zero-order chi connectivity index (χ0) is 12.4. The predicted octanol–water partition coefficient (Wildman–Crippen LogP) is 3.47. The lowest BCUT2D eigenvalue weighted by Gasteiger charge is -2.29. The highest BCUT2D eigenvalue weighted by molar-refractivity contribution is 5.30. The van der Waals surface area contributed by atoms with E-state index in [0.717, 1.165) is 11.7 Å². The Morgan fingerprint density at radius 2 is 1.83 bits per heavy atom. The summed E-state index contributed by atoms with van der Waals surface area (Å²) in [5.41, 5.74) is 1.48. The van der Waals surface area contributed by atoms with Crippen molar-refractivity contribution in [1.82, 2.24) is 5.32 Å². The Balaban J connectivity index is 1.63. The van der Waals surface area contributed by atoms with Gasteiger partial charge in [0.1, 0.15) is 5.75 Å². The summed E-state index contributed by atoms with van der Waals surface area (Å²) in [5, 5.41) is 3.42. The molecular weight excluding hydrogens is 222 g/mol. The van der Waals surface area contributed by atoms with Gasteiger partial charge in [-0.3, -0.25) is 0 Å². The molecular formula is C16H23NO. The molecule has 0 aromatic heterocycles. The van der Waals surface area contributed by atoms with Gasteiger partial charge < -0.3 is 10.1 Å². The summed E-state index contributed by atoms with van der Waals surface area (Å²) in [4.78, 5) is 0. The van der Waals surface area contributed by atoms with E-state index in [0.29, 0.717) is 12.1 Å². The van der Waals surface area contributed by atoms with Gasteiger partial charge in [0.15, 0.2) is 0 Å². The van der Waals surface area contributed by atoms with Crippen molar-refractivity contribution in [2.45, 2.75) is 56.6 Å². The van der Waals surface area contributed by atoms with Crippen LogP contribution < -0.4 is 10.1 Å². The van der Waals surface area contributed by atoms with Crippen LogP contribution in [-0.2, 0) is 0 Å². The van der Waals surface area contributed by atoms with Crippen molar-refractivity contribution in [3.8, 4) is 5.75 Å². The molecule has 2 fully saturated rings. The van der Waals surface area contributed by atoms with Crippen LogP contribution >= 0.6 is 0 Å². The highest BCUT2D eigenvalue weighted by atomic mass is 16.5. The first-order valence-electron chi connectivity index (χ1n) is 7.29. The second-order valence-electron chi connectivity index (χ2n) is 5.74. The lowest BCUT2D eigenvalue weighted by Crippen LogP contribution is -2.30. The molecule has 2 unspecified atom stereocenters. The fraction of sp³-hybridized carbons (Fsp3) is 0.625. The van der Waals surface area contributed by atoms with Crippen molar-refractivity contribution in [2.75, 3.05) is 7.05 Å². The highest BCUT2D eigenvalue weighted by Crippen LogP contribution is 2.34. The van der Waals surface area contributed by atoms with Gasteiger partial charge >= 0.3 is 0 Å². The van der Waals surface area contributed by atoms with Crippen molar-refractivity contribution in [3.63, 3.8) is 0 Å². The summed E-state index contributed by atoms with van der Waals surface area (Å²) in [6, 6.07) is 9.53. The molecule has 0 aliphatic heterocycles. The molecule has 2 atom stereocenters. The van der Waals surface area contributed by atoms with Crippen LogP contribution in [0.25, 0.3) is 0 Å². The van der Waals surface area contributed by atoms with E-state index < -0.39 is 0 Å². The molecule has 2 aliphatic carbocycles. The molecule has 2 aliphatic rings. The number of ether oxygens (including phenoxy) is 1. The van der Waals surface area contributed by atoms with Crippen molar-refractivity contribution >= 4 is 0 Å². The van der Waals surface area contributed by atoms with Crippen LogP contribution in [0.15, 0.2) is 24.3 Å². The SMILES string of the molecule is CNC1CCCC(c2ccc(OC3CC3)cc2)C1. The average Bonchev–Trinajstić information content (AvgIpc) is 3.24. The first-order valence-corrected chi connectivity index (χ1v) is 7.29. The molecule has 1 aromatic rings. The summed E-state index contributed by atoms with van der Waals surface area (Å²) >= 11 is 0. The smallest absolute Gasteiger partial charge is 0.119 e. The van der Waals surface area contributed by atoms with Crippen molar-refractivity contribution in [2.24, 2.45) is 0 Å². The number of hydrogen-bond acceptors (Lipinski definition) is 2. The van der Waals surface area contributed by atoms with Crippen LogP contribution in [-0.4, -0.2) is 19.2 Å². The van der Waals surface area contributed by atoms with Crippen LogP contribution in [0.4, 0.5) is 0 Å². The van der Waals surface area contributed by atoms with E-state index >= 15 is 0 Å². The number of hydrogen-bond donors (Lipinski definition) is 1. The summed E-state index contributed by atoms with van der Waals surface area (Å²) < 4.78 is 5.80. The molecule has 98 valence electrons. The number of benzene rings is 1. The van der Waals surface area contributed by atoms with Gasteiger partial charge in [-0.05, 0) is 62.8 Å². The third-order valence-corrected chi connectivity index (χ3v) is 4.26. The van der Waals surface area contributed by atoms with Crippen LogP contribution in [0.1, 0.15) is 50.0 Å². The maximum absolute atomic E-state index is 5.80. The summed E-state index contributed by atoms with van der Waals surface area (Å²) in [5.74, 6) is 1.77. The molecule has 1 N–H and O–H groups in total. The fourth-order valence-electron chi connectivity index (χ4n) is 2.95. The predicted molar refractivity (Wildman–Crippen MR) is 74.1 cm³/mol. The second kappa shape index (κ2) is 5.31. The maximum Gasteiger partial charge on any atom is 0.119 e. The van der Waals surface area contributed by atoms with Crippen molar-refractivity contribution in [1.29, 1.82) is 0 Å². The molecule has 0 radical (unpaired) electrons. The monoisotopic (exact) mass is 245 g/mol. The Hall–Kier alpha value is -1.02. The van der Waals surface area contributed by atoms with E-state index in [9.17, 15) is 0 Å². The Morgan fingerprint density at radius 1 is 1.06 bits per heavy atom. The van der Waals surface area contributed by atoms with Crippen LogP contribution in [0, 0.1) is 0 Å². The molecule has 2 nitrogen and oxygen atoms in total. The molecule has 2 saturated carbocycles. The van der Waals surface area contributed by atoms with Gasteiger partial charge in [0.05, 0.1) is 6.10 Å². The summed E-state index contributed by atoms with van der Waals surface area (Å²) in [7, 11) is 2.08. The van der Waals surface area contributed by atoms with Crippen LogP contribution in [0.5, 0.6) is 5.75 Å². The Bertz CT molecular complexity index is 383. The van der Waals surface area contributed by atoms with E-state index in [-0.39, 0.29) is 0 Å². The van der Waals surface area contributed by atoms with Crippen LogP contribution in [0.2, 0.25) is 0 Å². The molecule has 0 saturated heterocycles. The standard InChI is InChI=1S/C16H23NO/c1-17-14-4-2-3-13(11-14)12-5-7-15(8-6-12)18-16-9-10-16/h5-8,13-14,16-17H,2-4,9-11H2,1H3. The van der Waals surface area contributed by atoms with E-state index in [4.69, 9.17) is 4.74 Å². The fourth-order valence-corrected chi connectivity index (χ4v) is 2.95. The first-order chi connectivity index (χ1) is 8.85. The molecule has 0 bridgehead atoms. The molecule has 0 heterocycles. The minimum Gasteiger partial charge on any atom is -0.490 e. The largest absolute Gasteiger partial charge is 0.490 e. The molecule has 3 rings (SSSR count). The van der Waals surface area contributed by atoms with E-state index in [1.807, 2.05) is 0 Å². The third kappa shape index (κ3) is 2.86. The highest BCUT2D eigenvalue weighted by Gasteiger charge is 2.24. The van der Waals surface area contributed by atoms with Crippen molar-refractivity contribution in [3.05, 3.63) is 29.8 Å².